The second kappa shape index (κ2) is 18.9. The molecule has 0 aliphatic rings. The van der Waals surface area contributed by atoms with E-state index in [1.807, 2.05) is 0 Å². The Kier molecular flexibility index (Phi) is 69.5. The molecule has 10 heteroatoms. The molecule has 1 atom stereocenters. The minimum atomic E-state index is -4.67. The third-order valence-electron chi connectivity index (χ3n) is 0. The minimum absolute atomic E-state index is 0. The maximum absolute atomic E-state index is 8.74. The molecule has 10 heavy (non-hydrogen) atoms. The summed E-state index contributed by atoms with van der Waals surface area (Å²) in [6.07, 6.45) is 0. The predicted octanol–water partition coefficient (Wildman–Crippen LogP) is -5.24. The smallest absolute Gasteiger partial charge is 1.00 e. The molecule has 0 bridgehead atoms. The summed E-state index contributed by atoms with van der Waals surface area (Å²) in [5.41, 5.74) is 0. The fourth-order valence-corrected chi connectivity index (χ4v) is 0. The van der Waals surface area contributed by atoms with Crippen molar-refractivity contribution >= 4 is 92.1 Å². The molecule has 0 radical (unpaired) electrons. The van der Waals surface area contributed by atoms with Gasteiger partial charge in [0.05, 0.1) is 0 Å². The molecule has 0 heterocycles. The van der Waals surface area contributed by atoms with E-state index >= 15 is 0 Å². The first-order valence-corrected chi connectivity index (χ1v) is 2.10. The molecular weight excluding hydrogens is 259 g/mol. The molecule has 0 aromatic heterocycles. The standard InChI is InChI=1S/Ca.K.Mg.H2O4S.H3P.H4Si.5H/c;;;1-5(2,3)4;;;;;;;/h;;;(H2,1,2,3,4);1H3;1H4;;;;;/q+2;+1;+2;;;;5*-1. The van der Waals surface area contributed by atoms with Gasteiger partial charge in [0.15, 0.2) is 0 Å². The predicted molar refractivity (Wildman–Crippen MR) is 53.7 cm³/mol. The Morgan fingerprint density at radius 2 is 1.20 bits per heavy atom. The molecule has 0 aliphatic carbocycles. The van der Waals surface area contributed by atoms with Gasteiger partial charge in [-0.2, -0.15) is 18.3 Å². The summed E-state index contributed by atoms with van der Waals surface area (Å²) in [5.74, 6) is 0. The van der Waals surface area contributed by atoms with Crippen molar-refractivity contribution in [3.63, 3.8) is 0 Å². The summed E-state index contributed by atoms with van der Waals surface area (Å²) in [6, 6.07) is 0. The monoisotopic (exact) mass is 272 g/mol. The van der Waals surface area contributed by atoms with E-state index in [0.29, 0.717) is 0 Å². The summed E-state index contributed by atoms with van der Waals surface area (Å²) in [7, 11) is -4.67. The first kappa shape index (κ1) is 36.8. The molecule has 0 fully saturated rings. The molecule has 58 valence electrons. The van der Waals surface area contributed by atoms with E-state index in [2.05, 4.69) is 0 Å². The Hall–Kier alpha value is 4.18. The zero-order chi connectivity index (χ0) is 4.50. The molecule has 0 aromatic carbocycles. The van der Waals surface area contributed by atoms with Crippen molar-refractivity contribution in [2.24, 2.45) is 0 Å². The molecule has 2 N–H and O–H groups in total. The van der Waals surface area contributed by atoms with Crippen molar-refractivity contribution in [2.75, 3.05) is 0 Å². The first-order chi connectivity index (χ1) is 2.00. The molecular formula is H14CaKMgO4PSSi. The second-order valence-electron chi connectivity index (χ2n) is 0.448. The van der Waals surface area contributed by atoms with Crippen LogP contribution in [0.5, 0.6) is 0 Å². The van der Waals surface area contributed by atoms with Gasteiger partial charge in [0, 0.05) is 0 Å². The summed E-state index contributed by atoms with van der Waals surface area (Å²) < 4.78 is 31.6. The van der Waals surface area contributed by atoms with Crippen LogP contribution < -0.4 is 51.4 Å². The van der Waals surface area contributed by atoms with Gasteiger partial charge in [-0.3, -0.25) is 9.11 Å². The van der Waals surface area contributed by atoms with Gasteiger partial charge in [-0.05, 0) is 11.0 Å². The SMILES string of the molecule is O=S(=O)(O)O.P.[Ca+2].[H-].[H-].[H-].[H-].[H-].[K+].[Mg+2].[SiH4]. The average Bonchev–Trinajstić information content (AvgIpc) is 0.722. The Balaban J connectivity index is -0.00000000178. The van der Waals surface area contributed by atoms with Gasteiger partial charge >= 0.3 is 123 Å². The van der Waals surface area contributed by atoms with E-state index in [1.165, 1.54) is 0 Å². The van der Waals surface area contributed by atoms with E-state index in [9.17, 15) is 0 Å². The number of hydrogen-bond acceptors (Lipinski definition) is 2. The Bertz CT molecular complexity index is 122. The maximum Gasteiger partial charge on any atom is 2.00 e. The van der Waals surface area contributed by atoms with Crippen LogP contribution in [0.15, 0.2) is 0 Å². The van der Waals surface area contributed by atoms with E-state index in [4.69, 9.17) is 17.5 Å². The Labute approximate surface area is 164 Å². The van der Waals surface area contributed by atoms with Crippen LogP contribution in [0.2, 0.25) is 0 Å². The van der Waals surface area contributed by atoms with Gasteiger partial charge in [0.25, 0.3) is 0 Å². The van der Waals surface area contributed by atoms with Crippen molar-refractivity contribution in [1.82, 2.24) is 0 Å². The summed E-state index contributed by atoms with van der Waals surface area (Å²) >= 11 is 0. The average molecular weight is 273 g/mol. The van der Waals surface area contributed by atoms with Crippen molar-refractivity contribution in [3.05, 3.63) is 0 Å². The van der Waals surface area contributed by atoms with Crippen molar-refractivity contribution in [3.8, 4) is 0 Å². The first-order valence-electron chi connectivity index (χ1n) is 0.698. The van der Waals surface area contributed by atoms with Crippen molar-refractivity contribution in [1.29, 1.82) is 0 Å². The van der Waals surface area contributed by atoms with Crippen LogP contribution >= 0.6 is 9.90 Å². The molecule has 0 saturated carbocycles. The molecule has 0 rings (SSSR count). The van der Waals surface area contributed by atoms with Gasteiger partial charge in [-0.1, -0.05) is 0 Å². The third kappa shape index (κ3) is 87.1. The molecule has 0 aromatic rings. The normalized spacial score (nSPS) is 5.80. The van der Waals surface area contributed by atoms with Crippen LogP contribution in [0.1, 0.15) is 7.13 Å². The summed E-state index contributed by atoms with van der Waals surface area (Å²) in [6.45, 7) is 0. The van der Waals surface area contributed by atoms with Gasteiger partial charge in [-0.25, -0.2) is 0 Å². The zero-order valence-corrected chi connectivity index (χ0v) is 14.2. The minimum Gasteiger partial charge on any atom is -1.00 e. The third-order valence-corrected chi connectivity index (χ3v) is 0. The van der Waals surface area contributed by atoms with E-state index in [-0.39, 0.29) is 140 Å². The number of hydrogen-bond donors (Lipinski definition) is 2. The van der Waals surface area contributed by atoms with Gasteiger partial charge in [-0.15, -0.1) is 0 Å². The zero-order valence-electron chi connectivity index (χ0n) is 10.2. The second-order valence-corrected chi connectivity index (χ2v) is 1.34. The Morgan fingerprint density at radius 1 is 1.20 bits per heavy atom. The molecule has 0 spiro atoms. The molecule has 0 amide bonds. The van der Waals surface area contributed by atoms with Crippen LogP contribution in [-0.4, -0.2) is 89.3 Å². The topological polar surface area (TPSA) is 74.6 Å². The van der Waals surface area contributed by atoms with Gasteiger partial charge in [0.2, 0.25) is 0 Å². The molecule has 1 unspecified atom stereocenters. The van der Waals surface area contributed by atoms with Crippen molar-refractivity contribution < 1.29 is 76.0 Å². The van der Waals surface area contributed by atoms with E-state index in [0.717, 1.165) is 0 Å². The fraction of sp³-hybridized carbons (Fsp3) is 0. The number of rotatable bonds is 0. The largest absolute Gasteiger partial charge is 2.00 e. The van der Waals surface area contributed by atoms with Gasteiger partial charge < -0.3 is 7.13 Å². The van der Waals surface area contributed by atoms with Crippen LogP contribution in [0.3, 0.4) is 0 Å². The quantitative estimate of drug-likeness (QED) is 0.263. The molecule has 4 nitrogen and oxygen atoms in total. The fourth-order valence-electron chi connectivity index (χ4n) is 0. The molecule has 0 saturated heterocycles. The summed E-state index contributed by atoms with van der Waals surface area (Å²) in [5, 5.41) is 0. The van der Waals surface area contributed by atoms with E-state index < -0.39 is 10.4 Å². The Morgan fingerprint density at radius 3 is 1.20 bits per heavy atom. The van der Waals surface area contributed by atoms with Crippen LogP contribution in [0, 0.1) is 0 Å². The maximum atomic E-state index is 8.74. The van der Waals surface area contributed by atoms with Gasteiger partial charge in [0.1, 0.15) is 0 Å². The van der Waals surface area contributed by atoms with E-state index in [1.54, 1.807) is 0 Å². The van der Waals surface area contributed by atoms with Crippen LogP contribution in [-0.2, 0) is 10.4 Å². The van der Waals surface area contributed by atoms with Crippen LogP contribution in [0.25, 0.3) is 0 Å². The summed E-state index contributed by atoms with van der Waals surface area (Å²) in [4.78, 5) is 0. The molecule has 0 aliphatic heterocycles. The van der Waals surface area contributed by atoms with Crippen molar-refractivity contribution in [2.45, 2.75) is 0 Å². The van der Waals surface area contributed by atoms with Crippen LogP contribution in [0.4, 0.5) is 0 Å².